The Morgan fingerprint density at radius 2 is 1.75 bits per heavy atom. The topological polar surface area (TPSA) is 65.5 Å². The molecule has 0 radical (unpaired) electrons. The number of halogens is 1. The molecular weight excluding hydrogens is 282 g/mol. The molecule has 0 fully saturated rings. The predicted octanol–water partition coefficient (Wildman–Crippen LogP) is 2.74. The van der Waals surface area contributed by atoms with Crippen molar-refractivity contribution in [1.29, 1.82) is 0 Å². The molecule has 0 aliphatic carbocycles. The third-order valence-corrected chi connectivity index (χ3v) is 2.65. The van der Waals surface area contributed by atoms with E-state index in [1.165, 1.54) is 49.7 Å². The molecule has 6 heteroatoms. The first-order valence-corrected chi connectivity index (χ1v) is 6.00. The molecule has 0 aliphatic heterocycles. The highest BCUT2D eigenvalue weighted by Gasteiger charge is 2.10. The van der Waals surface area contributed by atoms with E-state index in [1.54, 1.807) is 0 Å². The lowest BCUT2D eigenvalue weighted by Crippen LogP contribution is -2.09. The summed E-state index contributed by atoms with van der Waals surface area (Å²) in [5.74, 6) is -0.695. The van der Waals surface area contributed by atoms with Gasteiger partial charge >= 0.3 is 11.9 Å². The minimum atomic E-state index is -0.555. The number of pyridine rings is 1. The lowest BCUT2D eigenvalue weighted by Gasteiger charge is -2.05. The molecule has 2 rings (SSSR count). The second-order valence-electron chi connectivity index (χ2n) is 3.77. The predicted molar refractivity (Wildman–Crippen MR) is 72.0 cm³/mol. The van der Waals surface area contributed by atoms with Crippen molar-refractivity contribution >= 4 is 23.5 Å². The standard InChI is InChI=1S/C14H10ClNO4/c1-19-13(17)9-2-4-11(5-3-9)20-14(18)10-6-7-16-12(15)8-10/h2-8H,1H3. The summed E-state index contributed by atoms with van der Waals surface area (Å²) < 4.78 is 9.72. The molecule has 1 aromatic heterocycles. The third-order valence-electron chi connectivity index (χ3n) is 2.45. The average Bonchev–Trinajstić information content (AvgIpc) is 2.47. The van der Waals surface area contributed by atoms with Crippen molar-refractivity contribution in [1.82, 2.24) is 4.98 Å². The van der Waals surface area contributed by atoms with Crippen LogP contribution in [0.3, 0.4) is 0 Å². The Kier molecular flexibility index (Phi) is 4.32. The van der Waals surface area contributed by atoms with Gasteiger partial charge in [-0.25, -0.2) is 14.6 Å². The first kappa shape index (κ1) is 14.0. The fourth-order valence-corrected chi connectivity index (χ4v) is 1.65. The van der Waals surface area contributed by atoms with Crippen LogP contribution in [0.1, 0.15) is 20.7 Å². The number of hydrogen-bond acceptors (Lipinski definition) is 5. The van der Waals surface area contributed by atoms with E-state index >= 15 is 0 Å². The van der Waals surface area contributed by atoms with Gasteiger partial charge in [0, 0.05) is 6.20 Å². The zero-order valence-electron chi connectivity index (χ0n) is 10.5. The van der Waals surface area contributed by atoms with Crippen LogP contribution in [-0.2, 0) is 4.74 Å². The smallest absolute Gasteiger partial charge is 0.343 e. The Balaban J connectivity index is 2.10. The lowest BCUT2D eigenvalue weighted by molar-refractivity contribution is 0.0600. The number of ether oxygens (including phenoxy) is 2. The van der Waals surface area contributed by atoms with Gasteiger partial charge in [-0.05, 0) is 36.4 Å². The van der Waals surface area contributed by atoms with Gasteiger partial charge in [-0.2, -0.15) is 0 Å². The van der Waals surface area contributed by atoms with Crippen LogP contribution in [-0.4, -0.2) is 24.0 Å². The molecule has 1 aromatic carbocycles. The van der Waals surface area contributed by atoms with Gasteiger partial charge in [0.05, 0.1) is 18.2 Å². The van der Waals surface area contributed by atoms with Crippen LogP contribution >= 0.6 is 11.6 Å². The van der Waals surface area contributed by atoms with E-state index in [0.717, 1.165) is 0 Å². The summed E-state index contributed by atoms with van der Waals surface area (Å²) in [6.07, 6.45) is 1.42. The maximum absolute atomic E-state index is 11.8. The second kappa shape index (κ2) is 6.16. The van der Waals surface area contributed by atoms with Crippen LogP contribution in [0, 0.1) is 0 Å². The summed E-state index contributed by atoms with van der Waals surface area (Å²) in [5.41, 5.74) is 0.668. The first-order chi connectivity index (χ1) is 9.60. The van der Waals surface area contributed by atoms with E-state index in [1.807, 2.05) is 0 Å². The highest BCUT2D eigenvalue weighted by Crippen LogP contribution is 2.15. The summed E-state index contributed by atoms with van der Waals surface area (Å²) >= 11 is 5.69. The van der Waals surface area contributed by atoms with Crippen LogP contribution in [0.15, 0.2) is 42.6 Å². The normalized spacial score (nSPS) is 9.90. The molecule has 0 saturated heterocycles. The van der Waals surface area contributed by atoms with E-state index in [0.29, 0.717) is 16.9 Å². The molecule has 0 bridgehead atoms. The molecule has 1 heterocycles. The van der Waals surface area contributed by atoms with Gasteiger partial charge < -0.3 is 9.47 Å². The first-order valence-electron chi connectivity index (χ1n) is 5.62. The van der Waals surface area contributed by atoms with E-state index in [4.69, 9.17) is 16.3 Å². The fourth-order valence-electron chi connectivity index (χ4n) is 1.47. The summed E-state index contributed by atoms with van der Waals surface area (Å²) in [4.78, 5) is 26.9. The van der Waals surface area contributed by atoms with Crippen LogP contribution in [0.25, 0.3) is 0 Å². The van der Waals surface area contributed by atoms with E-state index < -0.39 is 11.9 Å². The van der Waals surface area contributed by atoms with Crippen LogP contribution in [0.4, 0.5) is 0 Å². The number of carbonyl (C=O) groups is 2. The Hall–Kier alpha value is -2.40. The number of rotatable bonds is 3. The monoisotopic (exact) mass is 291 g/mol. The molecular formula is C14H10ClNO4. The van der Waals surface area contributed by atoms with Gasteiger partial charge in [-0.15, -0.1) is 0 Å². The minimum Gasteiger partial charge on any atom is -0.465 e. The highest BCUT2D eigenvalue weighted by molar-refractivity contribution is 6.29. The summed E-state index contributed by atoms with van der Waals surface area (Å²) in [6.45, 7) is 0. The lowest BCUT2D eigenvalue weighted by atomic mass is 10.2. The molecule has 0 saturated carbocycles. The van der Waals surface area contributed by atoms with Crippen molar-refractivity contribution in [2.45, 2.75) is 0 Å². The largest absolute Gasteiger partial charge is 0.465 e. The number of methoxy groups -OCH3 is 1. The van der Waals surface area contributed by atoms with E-state index in [9.17, 15) is 9.59 Å². The maximum Gasteiger partial charge on any atom is 0.343 e. The molecule has 20 heavy (non-hydrogen) atoms. The van der Waals surface area contributed by atoms with Crippen LogP contribution < -0.4 is 4.74 Å². The molecule has 102 valence electrons. The molecule has 0 N–H and O–H groups in total. The van der Waals surface area contributed by atoms with Crippen molar-refractivity contribution in [3.8, 4) is 5.75 Å². The zero-order valence-corrected chi connectivity index (χ0v) is 11.3. The van der Waals surface area contributed by atoms with Crippen LogP contribution in [0.5, 0.6) is 5.75 Å². The molecule has 0 spiro atoms. The maximum atomic E-state index is 11.8. The Labute approximate surface area is 120 Å². The SMILES string of the molecule is COC(=O)c1ccc(OC(=O)c2ccnc(Cl)c2)cc1. The van der Waals surface area contributed by atoms with Gasteiger partial charge in [-0.3, -0.25) is 0 Å². The fraction of sp³-hybridized carbons (Fsp3) is 0.0714. The number of hydrogen-bond donors (Lipinski definition) is 0. The minimum absolute atomic E-state index is 0.209. The van der Waals surface area contributed by atoms with Gasteiger partial charge in [0.25, 0.3) is 0 Å². The van der Waals surface area contributed by atoms with Crippen molar-refractivity contribution in [3.05, 3.63) is 58.9 Å². The number of nitrogens with zero attached hydrogens (tertiary/aromatic N) is 1. The third kappa shape index (κ3) is 3.33. The van der Waals surface area contributed by atoms with Gasteiger partial charge in [-0.1, -0.05) is 11.6 Å². The molecule has 0 amide bonds. The number of benzene rings is 1. The molecule has 5 nitrogen and oxygen atoms in total. The quantitative estimate of drug-likeness (QED) is 0.494. The summed E-state index contributed by atoms with van der Waals surface area (Å²) in [5, 5.41) is 0.209. The Morgan fingerprint density at radius 1 is 1.05 bits per heavy atom. The molecule has 2 aromatic rings. The zero-order chi connectivity index (χ0) is 14.5. The van der Waals surface area contributed by atoms with Crippen LogP contribution in [0.2, 0.25) is 5.15 Å². The van der Waals surface area contributed by atoms with Crippen molar-refractivity contribution < 1.29 is 19.1 Å². The van der Waals surface area contributed by atoms with Gasteiger partial charge in [0.1, 0.15) is 10.9 Å². The second-order valence-corrected chi connectivity index (χ2v) is 4.16. The van der Waals surface area contributed by atoms with Crippen molar-refractivity contribution in [2.24, 2.45) is 0 Å². The Bertz CT molecular complexity index is 640. The number of esters is 2. The van der Waals surface area contributed by atoms with Crippen molar-refractivity contribution in [3.63, 3.8) is 0 Å². The molecule has 0 atom stereocenters. The summed E-state index contributed by atoms with van der Waals surface area (Å²) in [6, 6.07) is 8.94. The molecule has 0 unspecified atom stereocenters. The highest BCUT2D eigenvalue weighted by atomic mass is 35.5. The van der Waals surface area contributed by atoms with E-state index in [-0.39, 0.29) is 5.15 Å². The van der Waals surface area contributed by atoms with E-state index in [2.05, 4.69) is 9.72 Å². The summed E-state index contributed by atoms with van der Waals surface area (Å²) in [7, 11) is 1.30. The Morgan fingerprint density at radius 3 is 2.35 bits per heavy atom. The van der Waals surface area contributed by atoms with Gasteiger partial charge in [0.15, 0.2) is 0 Å². The molecule has 0 aliphatic rings. The van der Waals surface area contributed by atoms with Gasteiger partial charge in [0.2, 0.25) is 0 Å². The average molecular weight is 292 g/mol. The van der Waals surface area contributed by atoms with Crippen molar-refractivity contribution in [2.75, 3.05) is 7.11 Å². The number of aromatic nitrogens is 1. The number of carbonyl (C=O) groups excluding carboxylic acids is 2.